The van der Waals surface area contributed by atoms with Crippen LogP contribution in [0.5, 0.6) is 0 Å². The number of carbonyl (C=O) groups excluding carboxylic acids is 1. The minimum absolute atomic E-state index is 0.0434. The molecule has 0 spiro atoms. The van der Waals surface area contributed by atoms with Gasteiger partial charge in [-0.15, -0.1) is 0 Å². The third-order valence-electron chi connectivity index (χ3n) is 3.18. The molecule has 19 heavy (non-hydrogen) atoms. The van der Waals surface area contributed by atoms with E-state index in [0.717, 1.165) is 24.1 Å². The molecule has 4 nitrogen and oxygen atoms in total. The van der Waals surface area contributed by atoms with Crippen molar-refractivity contribution in [2.45, 2.75) is 33.1 Å². The van der Waals surface area contributed by atoms with E-state index < -0.39 is 0 Å². The molecule has 0 radical (unpaired) electrons. The number of amides is 1. The summed E-state index contributed by atoms with van der Waals surface area (Å²) in [5, 5.41) is 5.20. The van der Waals surface area contributed by atoms with Gasteiger partial charge in [-0.25, -0.2) is 5.43 Å². The van der Waals surface area contributed by atoms with E-state index in [-0.39, 0.29) is 5.91 Å². The number of H-pyrrole nitrogens is 1. The van der Waals surface area contributed by atoms with Gasteiger partial charge in [0.1, 0.15) is 0 Å². The largest absolute Gasteiger partial charge is 0.361 e. The fraction of sp³-hybridized carbons (Fsp3) is 0.333. The highest BCUT2D eigenvalue weighted by atomic mass is 16.2. The lowest BCUT2D eigenvalue weighted by molar-refractivity contribution is -0.121. The van der Waals surface area contributed by atoms with Gasteiger partial charge in [-0.1, -0.05) is 25.1 Å². The molecule has 100 valence electrons. The second-order valence-electron chi connectivity index (χ2n) is 4.60. The van der Waals surface area contributed by atoms with Gasteiger partial charge in [-0.3, -0.25) is 4.79 Å². The molecule has 1 heterocycles. The zero-order valence-corrected chi connectivity index (χ0v) is 11.4. The van der Waals surface area contributed by atoms with Crippen molar-refractivity contribution in [2.75, 3.05) is 0 Å². The summed E-state index contributed by atoms with van der Waals surface area (Å²) in [5.41, 5.74) is 5.79. The lowest BCUT2D eigenvalue weighted by Crippen LogP contribution is -2.19. The van der Waals surface area contributed by atoms with E-state index in [2.05, 4.69) is 21.6 Å². The number of hydrazone groups is 1. The molecule has 2 aromatic rings. The van der Waals surface area contributed by atoms with Crippen molar-refractivity contribution in [3.8, 4) is 0 Å². The summed E-state index contributed by atoms with van der Waals surface area (Å²) in [4.78, 5) is 14.9. The quantitative estimate of drug-likeness (QED) is 0.628. The number of carbonyl (C=O) groups is 1. The number of rotatable bonds is 5. The topological polar surface area (TPSA) is 57.2 Å². The lowest BCUT2D eigenvalue weighted by atomic mass is 10.1. The Morgan fingerprint density at radius 2 is 2.16 bits per heavy atom. The first-order chi connectivity index (χ1) is 9.20. The Labute approximate surface area is 112 Å². The molecule has 1 aromatic carbocycles. The molecule has 2 rings (SSSR count). The standard InChI is InChI=1S/C15H19N3O/c1-3-11(2)17-18-15(19)9-8-12-10-16-14-7-5-4-6-13(12)14/h4-7,10,16H,3,8-9H2,1-2H3,(H,18,19)/b17-11-. The van der Waals surface area contributed by atoms with Crippen molar-refractivity contribution < 1.29 is 4.79 Å². The van der Waals surface area contributed by atoms with Crippen LogP contribution in [-0.2, 0) is 11.2 Å². The van der Waals surface area contributed by atoms with E-state index in [9.17, 15) is 4.79 Å². The first-order valence-electron chi connectivity index (χ1n) is 6.57. The Balaban J connectivity index is 1.94. The second-order valence-corrected chi connectivity index (χ2v) is 4.60. The summed E-state index contributed by atoms with van der Waals surface area (Å²) in [6, 6.07) is 8.11. The van der Waals surface area contributed by atoms with Crippen molar-refractivity contribution in [3.63, 3.8) is 0 Å². The molecule has 0 atom stereocenters. The van der Waals surface area contributed by atoms with Crippen LogP contribution < -0.4 is 5.43 Å². The molecule has 2 N–H and O–H groups in total. The van der Waals surface area contributed by atoms with Crippen molar-refractivity contribution in [2.24, 2.45) is 5.10 Å². The molecule has 1 aromatic heterocycles. The zero-order valence-electron chi connectivity index (χ0n) is 11.4. The van der Waals surface area contributed by atoms with Gasteiger partial charge in [0.25, 0.3) is 0 Å². The number of aromatic nitrogens is 1. The van der Waals surface area contributed by atoms with Crippen LogP contribution in [0.15, 0.2) is 35.6 Å². The summed E-state index contributed by atoms with van der Waals surface area (Å²) >= 11 is 0. The molecule has 0 unspecified atom stereocenters. The summed E-state index contributed by atoms with van der Waals surface area (Å²) in [6.45, 7) is 3.91. The number of nitrogens with zero attached hydrogens (tertiary/aromatic N) is 1. The Kier molecular flexibility index (Phi) is 4.34. The third-order valence-corrected chi connectivity index (χ3v) is 3.18. The fourth-order valence-electron chi connectivity index (χ4n) is 1.88. The van der Waals surface area contributed by atoms with Crippen molar-refractivity contribution in [1.29, 1.82) is 0 Å². The third kappa shape index (κ3) is 3.44. The monoisotopic (exact) mass is 257 g/mol. The van der Waals surface area contributed by atoms with Gasteiger partial charge < -0.3 is 4.98 Å². The summed E-state index contributed by atoms with van der Waals surface area (Å²) < 4.78 is 0. The van der Waals surface area contributed by atoms with Gasteiger partial charge in [0.15, 0.2) is 0 Å². The van der Waals surface area contributed by atoms with Gasteiger partial charge in [-0.05, 0) is 31.4 Å². The van der Waals surface area contributed by atoms with E-state index in [4.69, 9.17) is 0 Å². The molecule has 0 aliphatic rings. The molecule has 0 saturated carbocycles. The van der Waals surface area contributed by atoms with E-state index in [1.165, 1.54) is 10.9 Å². The molecule has 0 saturated heterocycles. The predicted molar refractivity (Wildman–Crippen MR) is 78.2 cm³/mol. The van der Waals surface area contributed by atoms with Crippen molar-refractivity contribution >= 4 is 22.5 Å². The van der Waals surface area contributed by atoms with Gasteiger partial charge in [0.2, 0.25) is 5.91 Å². The molecular formula is C15H19N3O. The smallest absolute Gasteiger partial charge is 0.240 e. The number of nitrogens with one attached hydrogen (secondary N) is 2. The number of para-hydroxylation sites is 1. The van der Waals surface area contributed by atoms with Crippen LogP contribution in [0.3, 0.4) is 0 Å². The fourth-order valence-corrected chi connectivity index (χ4v) is 1.88. The average Bonchev–Trinajstić information content (AvgIpc) is 2.85. The molecule has 0 bridgehead atoms. The number of benzene rings is 1. The maximum Gasteiger partial charge on any atom is 0.240 e. The molecule has 0 aliphatic carbocycles. The lowest BCUT2D eigenvalue weighted by Gasteiger charge is -2.01. The van der Waals surface area contributed by atoms with Crippen LogP contribution in [-0.4, -0.2) is 16.6 Å². The normalized spacial score (nSPS) is 11.8. The second kappa shape index (κ2) is 6.18. The van der Waals surface area contributed by atoms with Gasteiger partial charge in [0.05, 0.1) is 0 Å². The number of hydrogen-bond acceptors (Lipinski definition) is 2. The Hall–Kier alpha value is -2.10. The Morgan fingerprint density at radius 3 is 2.95 bits per heavy atom. The van der Waals surface area contributed by atoms with Crippen molar-refractivity contribution in [3.05, 3.63) is 36.0 Å². The summed E-state index contributed by atoms with van der Waals surface area (Å²) in [7, 11) is 0. The molecule has 1 amide bonds. The maximum absolute atomic E-state index is 11.7. The van der Waals surface area contributed by atoms with Crippen LogP contribution in [0, 0.1) is 0 Å². The average molecular weight is 257 g/mol. The highest BCUT2D eigenvalue weighted by Crippen LogP contribution is 2.18. The first-order valence-corrected chi connectivity index (χ1v) is 6.57. The van der Waals surface area contributed by atoms with Gasteiger partial charge in [-0.2, -0.15) is 5.10 Å². The highest BCUT2D eigenvalue weighted by Gasteiger charge is 2.06. The van der Waals surface area contributed by atoms with Gasteiger partial charge in [0, 0.05) is 29.2 Å². The maximum atomic E-state index is 11.7. The van der Waals surface area contributed by atoms with Crippen LogP contribution in [0.4, 0.5) is 0 Å². The molecule has 0 aliphatic heterocycles. The Bertz CT molecular complexity index is 598. The number of aryl methyl sites for hydroxylation is 1. The van der Waals surface area contributed by atoms with Crippen molar-refractivity contribution in [1.82, 2.24) is 10.4 Å². The molecular weight excluding hydrogens is 238 g/mol. The Morgan fingerprint density at radius 1 is 1.37 bits per heavy atom. The van der Waals surface area contributed by atoms with Crippen LogP contribution in [0.2, 0.25) is 0 Å². The summed E-state index contributed by atoms with van der Waals surface area (Å²) in [6.07, 6.45) is 3.99. The first kappa shape index (κ1) is 13.3. The van der Waals surface area contributed by atoms with E-state index >= 15 is 0 Å². The van der Waals surface area contributed by atoms with Gasteiger partial charge >= 0.3 is 0 Å². The van der Waals surface area contributed by atoms with E-state index in [1.54, 1.807) is 0 Å². The minimum atomic E-state index is -0.0434. The van der Waals surface area contributed by atoms with E-state index in [0.29, 0.717) is 6.42 Å². The SMILES string of the molecule is CC/C(C)=N\NC(=O)CCc1c[nH]c2ccccc12. The van der Waals surface area contributed by atoms with E-state index in [1.807, 2.05) is 38.2 Å². The highest BCUT2D eigenvalue weighted by molar-refractivity contribution is 5.85. The molecule has 0 fully saturated rings. The predicted octanol–water partition coefficient (Wildman–Crippen LogP) is 3.00. The number of aromatic amines is 1. The van der Waals surface area contributed by atoms with Crippen LogP contribution in [0.25, 0.3) is 10.9 Å². The summed E-state index contributed by atoms with van der Waals surface area (Å²) in [5.74, 6) is -0.0434. The number of fused-ring (bicyclic) bond motifs is 1. The minimum Gasteiger partial charge on any atom is -0.361 e. The zero-order chi connectivity index (χ0) is 13.7. The number of hydrogen-bond donors (Lipinski definition) is 2. The molecule has 4 heteroatoms. The van der Waals surface area contributed by atoms with Crippen LogP contribution in [0.1, 0.15) is 32.3 Å². The van der Waals surface area contributed by atoms with Crippen LogP contribution >= 0.6 is 0 Å².